The number of ether oxygens (including phenoxy) is 3. The van der Waals surface area contributed by atoms with Crippen LogP contribution in [0.25, 0.3) is 22.3 Å². The van der Waals surface area contributed by atoms with Gasteiger partial charge in [0.05, 0.1) is 43.6 Å². The lowest BCUT2D eigenvalue weighted by atomic mass is 9.87. The van der Waals surface area contributed by atoms with E-state index in [9.17, 15) is 0 Å². The molecule has 1 N–H and O–H groups in total. The van der Waals surface area contributed by atoms with E-state index in [1.54, 1.807) is 7.11 Å². The van der Waals surface area contributed by atoms with Crippen LogP contribution in [-0.4, -0.2) is 79.7 Å². The minimum atomic E-state index is 0.118. The fourth-order valence-corrected chi connectivity index (χ4v) is 6.44. The minimum Gasteiger partial charge on any atom is -0.496 e. The average Bonchev–Trinajstić information content (AvgIpc) is 2.99. The fourth-order valence-electron chi connectivity index (χ4n) is 6.44. The lowest BCUT2D eigenvalue weighted by Gasteiger charge is -2.36. The van der Waals surface area contributed by atoms with Crippen LogP contribution in [0.5, 0.6) is 5.75 Å². The van der Waals surface area contributed by atoms with Gasteiger partial charge < -0.3 is 29.3 Å². The third-order valence-electron chi connectivity index (χ3n) is 8.71. The molecule has 0 bridgehead atoms. The lowest BCUT2D eigenvalue weighted by Crippen LogP contribution is -2.46. The summed E-state index contributed by atoms with van der Waals surface area (Å²) in [5.41, 5.74) is 3.82. The van der Waals surface area contributed by atoms with Crippen LogP contribution in [0.3, 0.4) is 0 Å². The van der Waals surface area contributed by atoms with Crippen LogP contribution in [0.1, 0.15) is 52.0 Å². The molecule has 2 saturated heterocycles. The predicted octanol–water partition coefficient (Wildman–Crippen LogP) is 4.82. The largest absolute Gasteiger partial charge is 0.496 e. The summed E-state index contributed by atoms with van der Waals surface area (Å²) in [6, 6.07) is 11.1. The first-order valence-corrected chi connectivity index (χ1v) is 15.3. The first-order chi connectivity index (χ1) is 20.0. The standard InChI is InChI=1S/C32H44N6O3/c1-21-5-8-26(9-6-21)33-18-25-17-24(7-12-29(25)39-4)28-11-10-27-30(34-28)35-32(38-19-22(2)41-23(3)20-38)36-31(27)37-13-15-40-16-14-37/h7,10-12,17,21-23,26,33H,5-6,8-9,13-16,18-20H2,1-4H3/t21?,22-,23+,26?. The van der Waals surface area contributed by atoms with E-state index in [0.717, 1.165) is 72.4 Å². The maximum atomic E-state index is 5.99. The van der Waals surface area contributed by atoms with E-state index in [0.29, 0.717) is 30.9 Å². The molecule has 0 radical (unpaired) electrons. The minimum absolute atomic E-state index is 0.118. The predicted molar refractivity (Wildman–Crippen MR) is 163 cm³/mol. The molecule has 2 aliphatic heterocycles. The lowest BCUT2D eigenvalue weighted by molar-refractivity contribution is -0.00570. The van der Waals surface area contributed by atoms with Gasteiger partial charge in [0, 0.05) is 49.9 Å². The molecule has 0 spiro atoms. The van der Waals surface area contributed by atoms with Gasteiger partial charge in [-0.1, -0.05) is 6.92 Å². The van der Waals surface area contributed by atoms with Crippen molar-refractivity contribution in [2.75, 3.05) is 56.3 Å². The highest BCUT2D eigenvalue weighted by molar-refractivity contribution is 5.90. The molecule has 1 aliphatic carbocycles. The Morgan fingerprint density at radius 1 is 0.902 bits per heavy atom. The summed E-state index contributed by atoms with van der Waals surface area (Å²) in [7, 11) is 1.74. The van der Waals surface area contributed by atoms with Gasteiger partial charge >= 0.3 is 0 Å². The van der Waals surface area contributed by atoms with E-state index >= 15 is 0 Å². The molecule has 6 rings (SSSR count). The molecule has 1 aromatic carbocycles. The van der Waals surface area contributed by atoms with Crippen molar-refractivity contribution in [3.63, 3.8) is 0 Å². The van der Waals surface area contributed by atoms with Gasteiger partial charge in [-0.05, 0) is 75.8 Å². The highest BCUT2D eigenvalue weighted by Gasteiger charge is 2.27. The number of hydrogen-bond donors (Lipinski definition) is 1. The van der Waals surface area contributed by atoms with E-state index in [4.69, 9.17) is 29.2 Å². The monoisotopic (exact) mass is 560 g/mol. The zero-order valence-electron chi connectivity index (χ0n) is 24.9. The van der Waals surface area contributed by atoms with Crippen LogP contribution in [-0.2, 0) is 16.0 Å². The third kappa shape index (κ3) is 6.42. The average molecular weight is 561 g/mol. The van der Waals surface area contributed by atoms with Gasteiger partial charge in [0.25, 0.3) is 0 Å². The first kappa shape index (κ1) is 28.1. The Morgan fingerprint density at radius 3 is 2.39 bits per heavy atom. The Labute approximate surface area is 243 Å². The summed E-state index contributed by atoms with van der Waals surface area (Å²) in [6.07, 6.45) is 5.32. The van der Waals surface area contributed by atoms with Gasteiger partial charge in [-0.3, -0.25) is 0 Å². The number of hydrogen-bond acceptors (Lipinski definition) is 9. The molecule has 4 heterocycles. The molecule has 2 atom stereocenters. The van der Waals surface area contributed by atoms with Gasteiger partial charge in [-0.2, -0.15) is 9.97 Å². The van der Waals surface area contributed by atoms with Crippen molar-refractivity contribution in [1.29, 1.82) is 0 Å². The molecule has 0 unspecified atom stereocenters. The molecule has 3 aromatic rings. The molecule has 3 fully saturated rings. The van der Waals surface area contributed by atoms with Gasteiger partial charge in [0.15, 0.2) is 5.65 Å². The Balaban J connectivity index is 1.33. The Morgan fingerprint density at radius 2 is 1.66 bits per heavy atom. The second-order valence-corrected chi connectivity index (χ2v) is 12.0. The number of rotatable bonds is 7. The summed E-state index contributed by atoms with van der Waals surface area (Å²) in [4.78, 5) is 19.8. The molecule has 0 amide bonds. The maximum Gasteiger partial charge on any atom is 0.229 e. The zero-order chi connectivity index (χ0) is 28.3. The Kier molecular flexibility index (Phi) is 8.55. The second kappa shape index (κ2) is 12.5. The zero-order valence-corrected chi connectivity index (χ0v) is 24.9. The quantitative estimate of drug-likeness (QED) is 0.437. The summed E-state index contributed by atoms with van der Waals surface area (Å²) >= 11 is 0. The van der Waals surface area contributed by atoms with Crippen LogP contribution < -0.4 is 19.9 Å². The van der Waals surface area contributed by atoms with Crippen molar-refractivity contribution in [2.45, 2.75) is 71.2 Å². The summed E-state index contributed by atoms with van der Waals surface area (Å²) in [5.74, 6) is 3.39. The fraction of sp³-hybridized carbons (Fsp3) is 0.594. The molecule has 9 nitrogen and oxygen atoms in total. The van der Waals surface area contributed by atoms with Crippen molar-refractivity contribution < 1.29 is 14.2 Å². The SMILES string of the molecule is COc1ccc(-c2ccc3c(N4CCOCC4)nc(N4C[C@@H](C)O[C@@H](C)C4)nc3n2)cc1CNC1CCC(C)CC1. The normalized spacial score (nSPS) is 25.5. The van der Waals surface area contributed by atoms with Gasteiger partial charge in [0.2, 0.25) is 5.95 Å². The molecular formula is C32H44N6O3. The van der Waals surface area contributed by atoms with Crippen molar-refractivity contribution in [3.8, 4) is 17.0 Å². The van der Waals surface area contributed by atoms with Crippen molar-refractivity contribution in [3.05, 3.63) is 35.9 Å². The van der Waals surface area contributed by atoms with Crippen LogP contribution in [0.15, 0.2) is 30.3 Å². The Hall–Kier alpha value is -3.01. The van der Waals surface area contributed by atoms with Gasteiger partial charge in [-0.15, -0.1) is 0 Å². The molecule has 220 valence electrons. The van der Waals surface area contributed by atoms with Crippen molar-refractivity contribution in [1.82, 2.24) is 20.3 Å². The number of methoxy groups -OCH3 is 1. The van der Waals surface area contributed by atoms with E-state index in [1.165, 1.54) is 25.7 Å². The van der Waals surface area contributed by atoms with E-state index in [-0.39, 0.29) is 12.2 Å². The van der Waals surface area contributed by atoms with Crippen LogP contribution in [0.2, 0.25) is 0 Å². The molecule has 41 heavy (non-hydrogen) atoms. The van der Waals surface area contributed by atoms with Gasteiger partial charge in [-0.25, -0.2) is 4.98 Å². The topological polar surface area (TPSA) is 84.9 Å². The first-order valence-electron chi connectivity index (χ1n) is 15.3. The molecular weight excluding hydrogens is 516 g/mol. The highest BCUT2D eigenvalue weighted by atomic mass is 16.5. The van der Waals surface area contributed by atoms with Crippen LogP contribution >= 0.6 is 0 Å². The van der Waals surface area contributed by atoms with Crippen LogP contribution in [0.4, 0.5) is 11.8 Å². The van der Waals surface area contributed by atoms with E-state index in [1.807, 2.05) is 0 Å². The number of morpholine rings is 2. The summed E-state index contributed by atoms with van der Waals surface area (Å²) in [6.45, 7) is 11.9. The van der Waals surface area contributed by atoms with E-state index < -0.39 is 0 Å². The van der Waals surface area contributed by atoms with Gasteiger partial charge in [0.1, 0.15) is 11.6 Å². The maximum absolute atomic E-state index is 5.99. The molecule has 3 aliphatic rings. The number of nitrogens with zero attached hydrogens (tertiary/aromatic N) is 5. The smallest absolute Gasteiger partial charge is 0.229 e. The summed E-state index contributed by atoms with van der Waals surface area (Å²) in [5, 5.41) is 4.75. The molecule has 9 heteroatoms. The highest BCUT2D eigenvalue weighted by Crippen LogP contribution is 2.32. The number of fused-ring (bicyclic) bond motifs is 1. The van der Waals surface area contributed by atoms with Crippen LogP contribution in [0, 0.1) is 5.92 Å². The number of aromatic nitrogens is 3. The van der Waals surface area contributed by atoms with E-state index in [2.05, 4.69) is 66.2 Å². The molecule has 2 aromatic heterocycles. The number of anilines is 2. The Bertz CT molecular complexity index is 1330. The number of nitrogens with one attached hydrogen (secondary N) is 1. The number of benzene rings is 1. The van der Waals surface area contributed by atoms with Crippen molar-refractivity contribution >= 4 is 22.8 Å². The third-order valence-corrected chi connectivity index (χ3v) is 8.71. The summed E-state index contributed by atoms with van der Waals surface area (Å²) < 4.78 is 17.4. The van der Waals surface area contributed by atoms with Crippen molar-refractivity contribution in [2.24, 2.45) is 5.92 Å². The molecule has 1 saturated carbocycles. The number of pyridine rings is 1. The second-order valence-electron chi connectivity index (χ2n) is 12.0.